The first-order valence-corrected chi connectivity index (χ1v) is 10.4. The first-order valence-electron chi connectivity index (χ1n) is 10.4. The molecule has 0 aliphatic heterocycles. The van der Waals surface area contributed by atoms with E-state index >= 15 is 0 Å². The van der Waals surface area contributed by atoms with Gasteiger partial charge < -0.3 is 20.1 Å². The van der Waals surface area contributed by atoms with E-state index in [1.165, 1.54) is 50.6 Å². The number of anilines is 2. The van der Waals surface area contributed by atoms with Gasteiger partial charge in [-0.05, 0) is 49.9 Å². The molecule has 0 unspecified atom stereocenters. The van der Waals surface area contributed by atoms with E-state index in [1.807, 2.05) is 0 Å². The number of nitrogens with one attached hydrogen (secondary N) is 2. The molecule has 0 radical (unpaired) electrons. The minimum absolute atomic E-state index is 0.0508. The number of nitrogens with zero attached hydrogens (tertiary/aromatic N) is 2. The molecular weight excluding hydrogens is 466 g/mol. The van der Waals surface area contributed by atoms with Gasteiger partial charge in [0.1, 0.15) is 34.0 Å². The molecule has 0 heterocycles. The summed E-state index contributed by atoms with van der Waals surface area (Å²) in [7, 11) is 2.75. The third-order valence-electron chi connectivity index (χ3n) is 6.01. The van der Waals surface area contributed by atoms with Crippen LogP contribution in [0, 0.1) is 0 Å². The van der Waals surface area contributed by atoms with Crippen LogP contribution in [0.3, 0.4) is 0 Å². The summed E-state index contributed by atoms with van der Waals surface area (Å²) in [5, 5.41) is 13.1. The van der Waals surface area contributed by atoms with Crippen molar-refractivity contribution in [3.05, 3.63) is 36.4 Å². The fourth-order valence-corrected chi connectivity index (χ4v) is 3.49. The molecule has 2 N–H and O–H groups in total. The summed E-state index contributed by atoms with van der Waals surface area (Å²) in [6.07, 6.45) is -9.28. The van der Waals surface area contributed by atoms with Crippen molar-refractivity contribution >= 4 is 22.7 Å². The van der Waals surface area contributed by atoms with Crippen LogP contribution in [0.1, 0.15) is 25.7 Å². The van der Waals surface area contributed by atoms with Crippen molar-refractivity contribution in [3.63, 3.8) is 0 Å². The predicted octanol–water partition coefficient (Wildman–Crippen LogP) is 7.13. The van der Waals surface area contributed by atoms with Gasteiger partial charge in [-0.1, -0.05) is 0 Å². The van der Waals surface area contributed by atoms with Gasteiger partial charge in [0.25, 0.3) is 0 Å². The Kier molecular flexibility index (Phi) is 5.81. The molecule has 0 aromatic heterocycles. The number of halogens is 6. The van der Waals surface area contributed by atoms with Gasteiger partial charge in [-0.2, -0.15) is 26.3 Å². The standard InChI is InChI=1S/C22H22F6N4O2/c1-33-13-3-5-15(17(11-13)29-19(7-8-19)21(23,24)25)31-32-16-6-4-14(34-2)12-18(16)30-20(9-10-20)22(26,27)28/h3-6,11-12,29-30H,7-10H2,1-2H3/b32-31+. The zero-order valence-electron chi connectivity index (χ0n) is 18.3. The molecule has 34 heavy (non-hydrogen) atoms. The number of hydrogen-bond acceptors (Lipinski definition) is 6. The quantitative estimate of drug-likeness (QED) is 0.306. The van der Waals surface area contributed by atoms with E-state index in [4.69, 9.17) is 9.47 Å². The van der Waals surface area contributed by atoms with Gasteiger partial charge in [0.2, 0.25) is 0 Å². The van der Waals surface area contributed by atoms with Crippen molar-refractivity contribution in [1.82, 2.24) is 0 Å². The van der Waals surface area contributed by atoms with Gasteiger partial charge in [0.15, 0.2) is 0 Å². The molecule has 2 aromatic rings. The Morgan fingerprint density at radius 2 is 1.03 bits per heavy atom. The number of hydrogen-bond donors (Lipinski definition) is 2. The van der Waals surface area contributed by atoms with Crippen LogP contribution in [0.2, 0.25) is 0 Å². The zero-order valence-corrected chi connectivity index (χ0v) is 18.3. The zero-order chi connectivity index (χ0) is 24.8. The van der Waals surface area contributed by atoms with Crippen LogP contribution in [0.4, 0.5) is 49.1 Å². The summed E-state index contributed by atoms with van der Waals surface area (Å²) in [5.74, 6) is 0.624. The molecule has 0 bridgehead atoms. The number of azo groups is 1. The fraction of sp³-hybridized carbons (Fsp3) is 0.455. The Bertz CT molecular complexity index is 1010. The lowest BCUT2D eigenvalue weighted by molar-refractivity contribution is -0.151. The Morgan fingerprint density at radius 3 is 1.29 bits per heavy atom. The van der Waals surface area contributed by atoms with Crippen molar-refractivity contribution in [1.29, 1.82) is 0 Å². The summed E-state index contributed by atoms with van der Waals surface area (Å²) in [5.41, 5.74) is -3.85. The van der Waals surface area contributed by atoms with Crippen LogP contribution in [0.5, 0.6) is 11.5 Å². The van der Waals surface area contributed by atoms with Crippen LogP contribution in [-0.4, -0.2) is 37.7 Å². The maximum absolute atomic E-state index is 13.5. The molecule has 2 fully saturated rings. The van der Waals surface area contributed by atoms with Crippen LogP contribution in [0.25, 0.3) is 0 Å². The summed E-state index contributed by atoms with van der Waals surface area (Å²) < 4.78 is 91.0. The number of alkyl halides is 6. The van der Waals surface area contributed by atoms with Crippen molar-refractivity contribution in [2.75, 3.05) is 24.9 Å². The van der Waals surface area contributed by atoms with E-state index in [2.05, 4.69) is 20.9 Å². The molecule has 0 saturated heterocycles. The first kappa shape index (κ1) is 24.0. The molecule has 4 rings (SSSR count). The van der Waals surface area contributed by atoms with Gasteiger partial charge in [0, 0.05) is 12.1 Å². The average Bonchev–Trinajstić information content (AvgIpc) is 3.69. The average molecular weight is 488 g/mol. The van der Waals surface area contributed by atoms with E-state index in [1.54, 1.807) is 0 Å². The third-order valence-corrected chi connectivity index (χ3v) is 6.01. The smallest absolute Gasteiger partial charge is 0.411 e. The summed E-state index contributed by atoms with van der Waals surface area (Å²) >= 11 is 0. The lowest BCUT2D eigenvalue weighted by Gasteiger charge is -2.23. The fourth-order valence-electron chi connectivity index (χ4n) is 3.49. The number of benzene rings is 2. The van der Waals surface area contributed by atoms with E-state index in [0.717, 1.165) is 0 Å². The predicted molar refractivity (Wildman–Crippen MR) is 113 cm³/mol. The molecule has 6 nitrogen and oxygen atoms in total. The molecule has 2 saturated carbocycles. The Balaban J connectivity index is 1.66. The second-order valence-corrected chi connectivity index (χ2v) is 8.38. The van der Waals surface area contributed by atoms with Gasteiger partial charge in [-0.15, -0.1) is 10.2 Å². The molecule has 2 aromatic carbocycles. The lowest BCUT2D eigenvalue weighted by Crippen LogP contribution is -2.38. The Hall–Kier alpha value is -3.18. The number of ether oxygens (including phenoxy) is 2. The van der Waals surface area contributed by atoms with E-state index in [0.29, 0.717) is 11.5 Å². The van der Waals surface area contributed by atoms with Crippen molar-refractivity contribution in [2.24, 2.45) is 10.2 Å². The van der Waals surface area contributed by atoms with Crippen LogP contribution in [0.15, 0.2) is 46.6 Å². The molecule has 0 atom stereocenters. The number of methoxy groups -OCH3 is 2. The first-order chi connectivity index (χ1) is 15.9. The summed E-state index contributed by atoms with van der Waals surface area (Å²) in [6.45, 7) is 0. The molecule has 0 spiro atoms. The lowest BCUT2D eigenvalue weighted by atomic mass is 10.2. The Labute approximate surface area is 191 Å². The molecular formula is C22H22F6N4O2. The molecule has 184 valence electrons. The largest absolute Gasteiger partial charge is 0.497 e. The van der Waals surface area contributed by atoms with E-state index in [-0.39, 0.29) is 48.4 Å². The SMILES string of the molecule is COc1ccc(/N=N/c2ccc(OC)cc2NC2(C(F)(F)F)CC2)c(NC2(C(F)(F)F)CC2)c1. The molecule has 0 amide bonds. The normalized spacial score (nSPS) is 18.5. The number of rotatable bonds is 8. The topological polar surface area (TPSA) is 67.2 Å². The highest BCUT2D eigenvalue weighted by atomic mass is 19.4. The highest BCUT2D eigenvalue weighted by Gasteiger charge is 2.64. The van der Waals surface area contributed by atoms with Crippen LogP contribution < -0.4 is 20.1 Å². The highest BCUT2D eigenvalue weighted by molar-refractivity contribution is 5.72. The van der Waals surface area contributed by atoms with Crippen molar-refractivity contribution in [2.45, 2.75) is 49.1 Å². The minimum atomic E-state index is -4.46. The monoisotopic (exact) mass is 488 g/mol. The molecule has 12 heteroatoms. The second kappa shape index (κ2) is 8.24. The van der Waals surface area contributed by atoms with Gasteiger partial charge >= 0.3 is 12.4 Å². The van der Waals surface area contributed by atoms with Crippen molar-refractivity contribution < 1.29 is 35.8 Å². The summed E-state index contributed by atoms with van der Waals surface area (Å²) in [4.78, 5) is 0. The maximum Gasteiger partial charge on any atom is 0.411 e. The third kappa shape index (κ3) is 4.58. The maximum atomic E-state index is 13.5. The van der Waals surface area contributed by atoms with Gasteiger partial charge in [0.05, 0.1) is 25.6 Å². The second-order valence-electron chi connectivity index (χ2n) is 8.38. The van der Waals surface area contributed by atoms with Crippen molar-refractivity contribution in [3.8, 4) is 11.5 Å². The molecule has 2 aliphatic rings. The van der Waals surface area contributed by atoms with E-state index < -0.39 is 23.4 Å². The Morgan fingerprint density at radius 1 is 0.676 bits per heavy atom. The summed E-state index contributed by atoms with van der Waals surface area (Å²) in [6, 6.07) is 8.59. The van der Waals surface area contributed by atoms with E-state index in [9.17, 15) is 26.3 Å². The van der Waals surface area contributed by atoms with Gasteiger partial charge in [-0.25, -0.2) is 0 Å². The van der Waals surface area contributed by atoms with Crippen LogP contribution >= 0.6 is 0 Å². The van der Waals surface area contributed by atoms with Gasteiger partial charge in [-0.3, -0.25) is 0 Å². The minimum Gasteiger partial charge on any atom is -0.497 e. The van der Waals surface area contributed by atoms with Crippen LogP contribution in [-0.2, 0) is 0 Å². The highest BCUT2D eigenvalue weighted by Crippen LogP contribution is 2.53. The molecule has 2 aliphatic carbocycles.